The number of hydrogen-bond acceptors (Lipinski definition) is 5. The van der Waals surface area contributed by atoms with Gasteiger partial charge in [0.25, 0.3) is 5.56 Å². The average Bonchev–Trinajstić information content (AvgIpc) is 2.78. The van der Waals surface area contributed by atoms with Crippen molar-refractivity contribution in [3.8, 4) is 0 Å². The van der Waals surface area contributed by atoms with Crippen LogP contribution in [-0.4, -0.2) is 36.2 Å². The Hall–Kier alpha value is -1.76. The molecule has 0 amide bonds. The van der Waals surface area contributed by atoms with Gasteiger partial charge >= 0.3 is 0 Å². The third kappa shape index (κ3) is 1.84. The first-order valence-electron chi connectivity index (χ1n) is 6.86. The zero-order chi connectivity index (χ0) is 14.5. The van der Waals surface area contributed by atoms with Gasteiger partial charge in [-0.3, -0.25) is 4.79 Å². The van der Waals surface area contributed by atoms with E-state index in [9.17, 15) is 9.90 Å². The maximum Gasteiger partial charge on any atom is 0.280 e. The minimum atomic E-state index is -0.297. The highest BCUT2D eigenvalue weighted by atomic mass is 16.3. The largest absolute Gasteiger partial charge is 0.393 e. The van der Waals surface area contributed by atoms with Gasteiger partial charge in [0, 0.05) is 6.54 Å². The van der Waals surface area contributed by atoms with Gasteiger partial charge in [0.2, 0.25) is 0 Å². The van der Waals surface area contributed by atoms with Crippen molar-refractivity contribution in [3.63, 3.8) is 0 Å². The Morgan fingerprint density at radius 3 is 3.00 bits per heavy atom. The van der Waals surface area contributed by atoms with Gasteiger partial charge in [-0.1, -0.05) is 19.1 Å². The van der Waals surface area contributed by atoms with Crippen LogP contribution >= 0.6 is 0 Å². The molecule has 0 bridgehead atoms. The maximum atomic E-state index is 11.6. The summed E-state index contributed by atoms with van der Waals surface area (Å²) in [4.78, 5) is 18.2. The first-order valence-corrected chi connectivity index (χ1v) is 6.86. The van der Waals surface area contributed by atoms with Crippen molar-refractivity contribution >= 4 is 11.2 Å². The summed E-state index contributed by atoms with van der Waals surface area (Å²) >= 11 is 0. The first kappa shape index (κ1) is 13.2. The van der Waals surface area contributed by atoms with Crippen LogP contribution in [0.1, 0.15) is 27.2 Å². The summed E-state index contributed by atoms with van der Waals surface area (Å²) in [5.41, 5.74) is 0.575. The van der Waals surface area contributed by atoms with Crippen LogP contribution in [0.4, 0.5) is 0 Å². The zero-order valence-electron chi connectivity index (χ0n) is 11.9. The fraction of sp³-hybridized carbons (Fsp3) is 0.692. The monoisotopic (exact) mass is 277 g/mol. The summed E-state index contributed by atoms with van der Waals surface area (Å²) in [5, 5.41) is 17.7. The molecule has 1 aliphatic rings. The summed E-state index contributed by atoms with van der Waals surface area (Å²) in [6.45, 7) is 6.84. The minimum Gasteiger partial charge on any atom is -0.393 e. The Morgan fingerprint density at radius 1 is 1.60 bits per heavy atom. The molecular formula is C13H19N5O2. The van der Waals surface area contributed by atoms with Gasteiger partial charge in [-0.25, -0.2) is 9.67 Å². The Balaban J connectivity index is 1.85. The summed E-state index contributed by atoms with van der Waals surface area (Å²) in [7, 11) is 0. The summed E-state index contributed by atoms with van der Waals surface area (Å²) in [6, 6.07) is 0. The molecule has 0 unspecified atom stereocenters. The Bertz CT molecular complexity index is 687. The Morgan fingerprint density at radius 2 is 2.35 bits per heavy atom. The lowest BCUT2D eigenvalue weighted by Crippen LogP contribution is -2.51. The quantitative estimate of drug-likeness (QED) is 0.854. The highest BCUT2D eigenvalue weighted by Crippen LogP contribution is 2.53. The molecule has 3 rings (SSSR count). The smallest absolute Gasteiger partial charge is 0.280 e. The molecule has 1 saturated carbocycles. The molecule has 7 nitrogen and oxygen atoms in total. The predicted octanol–water partition coefficient (Wildman–Crippen LogP) is 0.558. The normalized spacial score (nSPS) is 26.4. The Labute approximate surface area is 116 Å². The van der Waals surface area contributed by atoms with E-state index in [1.807, 2.05) is 6.92 Å². The van der Waals surface area contributed by atoms with Crippen LogP contribution in [0.3, 0.4) is 0 Å². The third-order valence-corrected chi connectivity index (χ3v) is 4.83. The molecule has 2 N–H and O–H groups in total. The lowest BCUT2D eigenvalue weighted by atomic mass is 9.53. The molecule has 2 aromatic heterocycles. The minimum absolute atomic E-state index is 0.0492. The second-order valence-corrected chi connectivity index (χ2v) is 6.28. The molecule has 1 aliphatic carbocycles. The number of hydrogen-bond donors (Lipinski definition) is 2. The van der Waals surface area contributed by atoms with Crippen molar-refractivity contribution in [3.05, 3.63) is 16.7 Å². The highest BCUT2D eigenvalue weighted by molar-refractivity contribution is 5.67. The molecule has 108 valence electrons. The van der Waals surface area contributed by atoms with Crippen LogP contribution in [0.5, 0.6) is 0 Å². The van der Waals surface area contributed by atoms with E-state index in [-0.39, 0.29) is 22.6 Å². The number of H-pyrrole nitrogens is 1. The molecule has 0 aromatic carbocycles. The van der Waals surface area contributed by atoms with Crippen LogP contribution in [0.25, 0.3) is 11.2 Å². The van der Waals surface area contributed by atoms with Gasteiger partial charge in [0.15, 0.2) is 11.2 Å². The molecule has 2 heterocycles. The number of fused-ring (bicyclic) bond motifs is 1. The number of aliphatic hydroxyl groups excluding tert-OH is 1. The van der Waals surface area contributed by atoms with Crippen LogP contribution < -0.4 is 5.56 Å². The van der Waals surface area contributed by atoms with Crippen molar-refractivity contribution < 1.29 is 5.11 Å². The van der Waals surface area contributed by atoms with E-state index in [4.69, 9.17) is 0 Å². The molecule has 0 saturated heterocycles. The van der Waals surface area contributed by atoms with Gasteiger partial charge in [-0.05, 0) is 30.6 Å². The SMILES string of the molecule is C[C@H](O)[C@@H]1C[C@H](Cn2nnc3c(=O)[nH]cnc32)C1(C)C. The molecule has 0 spiro atoms. The van der Waals surface area contributed by atoms with Gasteiger partial charge < -0.3 is 10.1 Å². The first-order chi connectivity index (χ1) is 9.41. The van der Waals surface area contributed by atoms with Crippen molar-refractivity contribution in [2.24, 2.45) is 17.3 Å². The maximum absolute atomic E-state index is 11.6. The number of rotatable bonds is 3. The second kappa shape index (κ2) is 4.37. The molecule has 3 atom stereocenters. The molecule has 7 heteroatoms. The standard InChI is InChI=1S/C13H19N5O2/c1-7(19)9-4-8(13(9,2)3)5-18-11-10(16-17-18)12(20)15-6-14-11/h6-9,19H,4-5H2,1-3H3,(H,14,15,20)/t7-,8+,9-/m0/s1. The van der Waals surface area contributed by atoms with E-state index in [2.05, 4.69) is 34.1 Å². The molecule has 20 heavy (non-hydrogen) atoms. The molecule has 2 aromatic rings. The van der Waals surface area contributed by atoms with E-state index >= 15 is 0 Å². The average molecular weight is 277 g/mol. The van der Waals surface area contributed by atoms with E-state index in [0.29, 0.717) is 24.0 Å². The van der Waals surface area contributed by atoms with Crippen LogP contribution in [-0.2, 0) is 6.54 Å². The predicted molar refractivity (Wildman–Crippen MR) is 73.0 cm³/mol. The summed E-state index contributed by atoms with van der Waals surface area (Å²) in [6.07, 6.45) is 2.03. The zero-order valence-corrected chi connectivity index (χ0v) is 11.9. The highest BCUT2D eigenvalue weighted by Gasteiger charge is 2.50. The van der Waals surface area contributed by atoms with Gasteiger partial charge in [-0.2, -0.15) is 0 Å². The fourth-order valence-corrected chi connectivity index (χ4v) is 3.32. The molecular weight excluding hydrogens is 258 g/mol. The van der Waals surface area contributed by atoms with Crippen LogP contribution in [0.15, 0.2) is 11.1 Å². The van der Waals surface area contributed by atoms with Gasteiger partial charge in [0.1, 0.15) is 0 Å². The van der Waals surface area contributed by atoms with E-state index in [1.165, 1.54) is 6.33 Å². The summed E-state index contributed by atoms with van der Waals surface area (Å²) in [5.74, 6) is 0.701. The van der Waals surface area contributed by atoms with Crippen LogP contribution in [0, 0.1) is 17.3 Å². The number of aromatic amines is 1. The second-order valence-electron chi connectivity index (χ2n) is 6.28. The number of nitrogens with zero attached hydrogens (tertiary/aromatic N) is 4. The van der Waals surface area contributed by atoms with Gasteiger partial charge in [-0.15, -0.1) is 5.10 Å². The molecule has 0 aliphatic heterocycles. The molecule has 0 radical (unpaired) electrons. The lowest BCUT2D eigenvalue weighted by Gasteiger charge is -2.53. The van der Waals surface area contributed by atoms with Crippen molar-refractivity contribution in [2.45, 2.75) is 39.8 Å². The van der Waals surface area contributed by atoms with Crippen molar-refractivity contribution in [2.75, 3.05) is 0 Å². The number of aliphatic hydroxyl groups is 1. The Kier molecular flexibility index (Phi) is 2.89. The fourth-order valence-electron chi connectivity index (χ4n) is 3.32. The number of aromatic nitrogens is 5. The lowest BCUT2D eigenvalue weighted by molar-refractivity contribution is -0.0946. The van der Waals surface area contributed by atoms with Crippen LogP contribution in [0.2, 0.25) is 0 Å². The van der Waals surface area contributed by atoms with E-state index in [0.717, 1.165) is 6.42 Å². The molecule has 1 fully saturated rings. The van der Waals surface area contributed by atoms with Gasteiger partial charge in [0.05, 0.1) is 12.4 Å². The third-order valence-electron chi connectivity index (χ3n) is 4.83. The summed E-state index contributed by atoms with van der Waals surface area (Å²) < 4.78 is 1.69. The number of nitrogens with one attached hydrogen (secondary N) is 1. The van der Waals surface area contributed by atoms with Crippen molar-refractivity contribution in [1.29, 1.82) is 0 Å². The topological polar surface area (TPSA) is 96.7 Å². The van der Waals surface area contributed by atoms with E-state index in [1.54, 1.807) is 4.68 Å². The van der Waals surface area contributed by atoms with E-state index < -0.39 is 0 Å². The van der Waals surface area contributed by atoms with Crippen molar-refractivity contribution in [1.82, 2.24) is 25.0 Å².